The molecule has 0 unspecified atom stereocenters. The van der Waals surface area contributed by atoms with Gasteiger partial charge in [0.05, 0.1) is 6.61 Å². The lowest BCUT2D eigenvalue weighted by atomic mass is 10.2. The summed E-state index contributed by atoms with van der Waals surface area (Å²) in [5, 5.41) is 0. The first kappa shape index (κ1) is 13.2. The van der Waals surface area contributed by atoms with Crippen LogP contribution in [0.5, 0.6) is 0 Å². The predicted molar refractivity (Wildman–Crippen MR) is 65.8 cm³/mol. The highest BCUT2D eigenvalue weighted by Crippen LogP contribution is 2.15. The number of aryl methyl sites for hydroxylation is 1. The van der Waals surface area contributed by atoms with Crippen LogP contribution < -0.4 is 4.90 Å². The molecule has 0 bridgehead atoms. The van der Waals surface area contributed by atoms with Crippen LogP contribution in [0.1, 0.15) is 19.4 Å². The molecule has 0 fully saturated rings. The van der Waals surface area contributed by atoms with Crippen LogP contribution in [0.4, 0.5) is 5.69 Å². The summed E-state index contributed by atoms with van der Waals surface area (Å²) in [5.74, 6) is -0.579. The Morgan fingerprint density at radius 2 is 1.82 bits per heavy atom. The zero-order valence-electron chi connectivity index (χ0n) is 10.4. The average Bonchev–Trinajstić information content (AvgIpc) is 2.27. The van der Waals surface area contributed by atoms with E-state index in [1.54, 1.807) is 6.92 Å². The fourth-order valence-corrected chi connectivity index (χ4v) is 1.44. The van der Waals surface area contributed by atoms with Gasteiger partial charge in [0.25, 0.3) is 0 Å². The van der Waals surface area contributed by atoms with E-state index in [2.05, 4.69) is 0 Å². The third-order valence-corrected chi connectivity index (χ3v) is 2.32. The van der Waals surface area contributed by atoms with Crippen LogP contribution in [0, 0.1) is 6.92 Å². The van der Waals surface area contributed by atoms with Crippen LogP contribution in [0.25, 0.3) is 0 Å². The van der Waals surface area contributed by atoms with Gasteiger partial charge in [-0.1, -0.05) is 17.7 Å². The van der Waals surface area contributed by atoms with Gasteiger partial charge >= 0.3 is 5.97 Å². The number of hydrogen-bond donors (Lipinski definition) is 0. The lowest BCUT2D eigenvalue weighted by Crippen LogP contribution is -2.34. The van der Waals surface area contributed by atoms with E-state index in [0.717, 1.165) is 5.56 Å². The van der Waals surface area contributed by atoms with Crippen molar-refractivity contribution >= 4 is 17.6 Å². The minimum absolute atomic E-state index is 0.0494. The van der Waals surface area contributed by atoms with E-state index in [1.165, 1.54) is 11.8 Å². The standard InChI is InChI=1S/C13H17NO3/c1-4-17-13(16)9-14(11(3)15)12-7-5-10(2)6-8-12/h5-8H,4,9H2,1-3H3. The number of ether oxygens (including phenoxy) is 1. The number of amides is 1. The normalized spacial score (nSPS) is 9.82. The van der Waals surface area contributed by atoms with E-state index in [4.69, 9.17) is 4.74 Å². The molecule has 0 radical (unpaired) electrons. The number of esters is 1. The number of benzene rings is 1. The van der Waals surface area contributed by atoms with Crippen LogP contribution in [0.15, 0.2) is 24.3 Å². The summed E-state index contributed by atoms with van der Waals surface area (Å²) >= 11 is 0. The molecular weight excluding hydrogens is 218 g/mol. The van der Waals surface area contributed by atoms with E-state index in [-0.39, 0.29) is 12.5 Å². The Hall–Kier alpha value is -1.84. The van der Waals surface area contributed by atoms with Gasteiger partial charge < -0.3 is 9.64 Å². The van der Waals surface area contributed by atoms with E-state index >= 15 is 0 Å². The monoisotopic (exact) mass is 235 g/mol. The van der Waals surface area contributed by atoms with Crippen LogP contribution in [0.3, 0.4) is 0 Å². The Morgan fingerprint density at radius 1 is 1.24 bits per heavy atom. The fourth-order valence-electron chi connectivity index (χ4n) is 1.44. The molecule has 0 aliphatic heterocycles. The number of carbonyl (C=O) groups excluding carboxylic acids is 2. The van der Waals surface area contributed by atoms with Gasteiger partial charge in [-0.3, -0.25) is 9.59 Å². The first-order valence-corrected chi connectivity index (χ1v) is 5.55. The second kappa shape index (κ2) is 6.03. The summed E-state index contributed by atoms with van der Waals surface area (Å²) < 4.78 is 4.83. The van der Waals surface area contributed by atoms with Crippen molar-refractivity contribution in [3.05, 3.63) is 29.8 Å². The Morgan fingerprint density at radius 3 is 2.29 bits per heavy atom. The summed E-state index contributed by atoms with van der Waals surface area (Å²) in [6, 6.07) is 7.43. The minimum Gasteiger partial charge on any atom is -0.465 e. The minimum atomic E-state index is -0.400. The molecule has 92 valence electrons. The quantitative estimate of drug-likeness (QED) is 0.749. The van der Waals surface area contributed by atoms with Crippen molar-refractivity contribution in [1.82, 2.24) is 0 Å². The molecular formula is C13H17NO3. The van der Waals surface area contributed by atoms with Crippen molar-refractivity contribution in [3.8, 4) is 0 Å². The lowest BCUT2D eigenvalue weighted by molar-refractivity contribution is -0.142. The molecule has 0 aliphatic rings. The molecule has 0 aliphatic carbocycles. The highest BCUT2D eigenvalue weighted by atomic mass is 16.5. The first-order chi connectivity index (χ1) is 8.04. The van der Waals surface area contributed by atoms with Crippen LogP contribution >= 0.6 is 0 Å². The third-order valence-electron chi connectivity index (χ3n) is 2.32. The molecule has 1 aromatic carbocycles. The Labute approximate surface area is 101 Å². The van der Waals surface area contributed by atoms with Gasteiger partial charge in [0.15, 0.2) is 0 Å². The van der Waals surface area contributed by atoms with E-state index in [1.807, 2.05) is 31.2 Å². The fraction of sp³-hybridized carbons (Fsp3) is 0.385. The van der Waals surface area contributed by atoms with Crippen molar-refractivity contribution in [2.75, 3.05) is 18.1 Å². The molecule has 0 N–H and O–H groups in total. The van der Waals surface area contributed by atoms with Gasteiger partial charge in [0, 0.05) is 12.6 Å². The molecule has 1 aromatic rings. The van der Waals surface area contributed by atoms with Crippen molar-refractivity contribution in [3.63, 3.8) is 0 Å². The number of nitrogens with zero attached hydrogens (tertiary/aromatic N) is 1. The molecule has 0 aromatic heterocycles. The maximum atomic E-state index is 11.5. The summed E-state index contributed by atoms with van der Waals surface area (Å²) in [6.07, 6.45) is 0. The summed E-state index contributed by atoms with van der Waals surface area (Å²) in [5.41, 5.74) is 1.81. The molecule has 0 spiro atoms. The van der Waals surface area contributed by atoms with E-state index < -0.39 is 5.97 Å². The number of anilines is 1. The smallest absolute Gasteiger partial charge is 0.326 e. The van der Waals surface area contributed by atoms with Crippen LogP contribution in [-0.2, 0) is 14.3 Å². The Kier molecular flexibility index (Phi) is 4.69. The third kappa shape index (κ3) is 3.90. The van der Waals surface area contributed by atoms with Gasteiger partial charge in [-0.15, -0.1) is 0 Å². The topological polar surface area (TPSA) is 46.6 Å². The highest BCUT2D eigenvalue weighted by molar-refractivity contribution is 5.96. The zero-order chi connectivity index (χ0) is 12.8. The van der Waals surface area contributed by atoms with Gasteiger partial charge in [0.2, 0.25) is 5.91 Å². The van der Waals surface area contributed by atoms with Crippen molar-refractivity contribution in [2.24, 2.45) is 0 Å². The number of carbonyl (C=O) groups is 2. The Bertz CT molecular complexity index is 398. The molecule has 4 nitrogen and oxygen atoms in total. The molecule has 1 rings (SSSR count). The second-order valence-electron chi connectivity index (χ2n) is 3.75. The van der Waals surface area contributed by atoms with Gasteiger partial charge in [0.1, 0.15) is 6.54 Å². The maximum Gasteiger partial charge on any atom is 0.326 e. The molecule has 17 heavy (non-hydrogen) atoms. The first-order valence-electron chi connectivity index (χ1n) is 5.55. The van der Waals surface area contributed by atoms with E-state index in [0.29, 0.717) is 12.3 Å². The molecule has 0 atom stereocenters. The van der Waals surface area contributed by atoms with Crippen LogP contribution in [0.2, 0.25) is 0 Å². The van der Waals surface area contributed by atoms with Crippen molar-refractivity contribution in [2.45, 2.75) is 20.8 Å². The maximum absolute atomic E-state index is 11.5. The van der Waals surface area contributed by atoms with Crippen LogP contribution in [-0.4, -0.2) is 25.0 Å². The molecule has 0 saturated heterocycles. The second-order valence-corrected chi connectivity index (χ2v) is 3.75. The Balaban J connectivity index is 2.82. The van der Waals surface area contributed by atoms with Crippen molar-refractivity contribution in [1.29, 1.82) is 0 Å². The summed E-state index contributed by atoms with van der Waals surface area (Å²) in [4.78, 5) is 24.3. The van der Waals surface area contributed by atoms with Crippen molar-refractivity contribution < 1.29 is 14.3 Å². The van der Waals surface area contributed by atoms with E-state index in [9.17, 15) is 9.59 Å². The molecule has 4 heteroatoms. The lowest BCUT2D eigenvalue weighted by Gasteiger charge is -2.20. The molecule has 0 saturated carbocycles. The SMILES string of the molecule is CCOC(=O)CN(C(C)=O)c1ccc(C)cc1. The summed E-state index contributed by atoms with van der Waals surface area (Å²) in [7, 11) is 0. The number of rotatable bonds is 4. The average molecular weight is 235 g/mol. The van der Waals surface area contributed by atoms with Gasteiger partial charge in [-0.25, -0.2) is 0 Å². The highest BCUT2D eigenvalue weighted by Gasteiger charge is 2.15. The van der Waals surface area contributed by atoms with Gasteiger partial charge in [-0.2, -0.15) is 0 Å². The molecule has 1 amide bonds. The zero-order valence-corrected chi connectivity index (χ0v) is 10.4. The summed E-state index contributed by atoms with van der Waals surface area (Å²) in [6.45, 7) is 5.40. The predicted octanol–water partition coefficient (Wildman–Crippen LogP) is 1.91. The van der Waals surface area contributed by atoms with Gasteiger partial charge in [-0.05, 0) is 26.0 Å². The number of hydrogen-bond acceptors (Lipinski definition) is 3. The largest absolute Gasteiger partial charge is 0.465 e. The molecule has 0 heterocycles.